The highest BCUT2D eigenvalue weighted by atomic mass is 16.7. The van der Waals surface area contributed by atoms with E-state index in [2.05, 4.69) is 6.92 Å². The Hall–Kier alpha value is -2.80. The number of carbonyl (C=O) groups excluding carboxylic acids is 4. The van der Waals surface area contributed by atoms with Crippen LogP contribution >= 0.6 is 0 Å². The Morgan fingerprint density at radius 3 is 2.16 bits per heavy atom. The summed E-state index contributed by atoms with van der Waals surface area (Å²) in [7, 11) is 0. The van der Waals surface area contributed by atoms with Gasteiger partial charge in [-0.2, -0.15) is 0 Å². The first-order chi connectivity index (χ1) is 20.5. The van der Waals surface area contributed by atoms with Gasteiger partial charge in [0.2, 0.25) is 0 Å². The van der Waals surface area contributed by atoms with Crippen LogP contribution in [0.15, 0.2) is 23.8 Å². The van der Waals surface area contributed by atoms with Crippen LogP contribution in [0.2, 0.25) is 0 Å². The Morgan fingerprint density at radius 2 is 1.57 bits per heavy atom. The Kier molecular flexibility index (Phi) is 9.44. The lowest BCUT2D eigenvalue weighted by Gasteiger charge is -2.55. The first-order valence-corrected chi connectivity index (χ1v) is 15.4. The summed E-state index contributed by atoms with van der Waals surface area (Å²) in [4.78, 5) is 51.6. The Balaban J connectivity index is 1.91. The molecule has 1 spiro atoms. The third-order valence-corrected chi connectivity index (χ3v) is 9.83. The summed E-state index contributed by atoms with van der Waals surface area (Å²) >= 11 is 0. The Morgan fingerprint density at radius 1 is 0.955 bits per heavy atom. The predicted octanol–water partition coefficient (Wildman–Crippen LogP) is 2.20. The topological polar surface area (TPSA) is 178 Å². The van der Waals surface area contributed by atoms with Crippen molar-refractivity contribution in [1.29, 1.82) is 0 Å². The van der Waals surface area contributed by atoms with E-state index < -0.39 is 88.6 Å². The maximum atomic E-state index is 13.2. The molecule has 246 valence electrons. The van der Waals surface area contributed by atoms with Gasteiger partial charge >= 0.3 is 23.9 Å². The number of hydrogen-bond acceptors (Lipinski definition) is 12. The van der Waals surface area contributed by atoms with E-state index in [0.717, 1.165) is 39.5 Å². The first kappa shape index (κ1) is 34.1. The average Bonchev–Trinajstić information content (AvgIpc) is 3.52. The molecule has 3 N–H and O–H groups in total. The zero-order valence-electron chi connectivity index (χ0n) is 26.5. The van der Waals surface area contributed by atoms with Gasteiger partial charge in [0, 0.05) is 31.6 Å². The maximum absolute atomic E-state index is 13.2. The molecule has 11 atom stereocenters. The summed E-state index contributed by atoms with van der Waals surface area (Å²) in [5.41, 5.74) is -6.72. The van der Waals surface area contributed by atoms with Crippen molar-refractivity contribution in [3.05, 3.63) is 23.8 Å². The van der Waals surface area contributed by atoms with Crippen molar-refractivity contribution in [3.8, 4) is 0 Å². The van der Waals surface area contributed by atoms with Gasteiger partial charge < -0.3 is 39.0 Å². The molecule has 11 unspecified atom stereocenters. The lowest BCUT2D eigenvalue weighted by molar-refractivity contribution is -0.229. The first-order valence-electron chi connectivity index (χ1n) is 15.4. The number of fused-ring (bicyclic) bond motifs is 1. The molecule has 4 rings (SSSR count). The number of carbonyl (C=O) groups is 4. The normalized spacial score (nSPS) is 42.5. The molecular weight excluding hydrogens is 576 g/mol. The number of rotatable bonds is 9. The number of esters is 4. The monoisotopic (exact) mass is 622 g/mol. The van der Waals surface area contributed by atoms with E-state index in [9.17, 15) is 34.5 Å². The second kappa shape index (κ2) is 12.2. The molecule has 0 aromatic carbocycles. The highest BCUT2D eigenvalue weighted by Crippen LogP contribution is 2.65. The molecule has 0 amide bonds. The van der Waals surface area contributed by atoms with Gasteiger partial charge in [0.1, 0.15) is 18.3 Å². The van der Waals surface area contributed by atoms with Gasteiger partial charge in [0.15, 0.2) is 29.5 Å². The molecule has 12 nitrogen and oxygen atoms in total. The molecule has 0 bridgehead atoms. The summed E-state index contributed by atoms with van der Waals surface area (Å²) in [6.45, 7) is 10.3. The summed E-state index contributed by atoms with van der Waals surface area (Å²) in [5, 5.41) is 34.8. The number of epoxide rings is 1. The molecule has 4 aliphatic rings. The lowest BCUT2D eigenvalue weighted by Crippen LogP contribution is -2.68. The highest BCUT2D eigenvalue weighted by molar-refractivity contribution is 5.89. The van der Waals surface area contributed by atoms with Crippen LogP contribution in [0.4, 0.5) is 0 Å². The second-order valence-corrected chi connectivity index (χ2v) is 13.2. The van der Waals surface area contributed by atoms with Crippen LogP contribution in [0, 0.1) is 11.3 Å². The van der Waals surface area contributed by atoms with Crippen molar-refractivity contribution >= 4 is 23.9 Å². The number of aliphatic hydroxyl groups excluding tert-OH is 2. The molecule has 12 heteroatoms. The fraction of sp³-hybridized carbons (Fsp3) is 0.750. The number of aliphatic hydroxyl groups is 3. The van der Waals surface area contributed by atoms with Crippen molar-refractivity contribution in [3.63, 3.8) is 0 Å². The molecule has 2 heterocycles. The van der Waals surface area contributed by atoms with Gasteiger partial charge in [-0.1, -0.05) is 51.7 Å². The molecule has 2 fully saturated rings. The fourth-order valence-electron chi connectivity index (χ4n) is 7.40. The molecule has 0 aromatic rings. The van der Waals surface area contributed by atoms with E-state index in [0.29, 0.717) is 6.42 Å². The van der Waals surface area contributed by atoms with Crippen molar-refractivity contribution in [1.82, 2.24) is 0 Å². The average molecular weight is 623 g/mol. The zero-order valence-corrected chi connectivity index (χ0v) is 26.5. The van der Waals surface area contributed by atoms with E-state index in [4.69, 9.17) is 23.7 Å². The van der Waals surface area contributed by atoms with Crippen LogP contribution < -0.4 is 0 Å². The predicted molar refractivity (Wildman–Crippen MR) is 154 cm³/mol. The Labute approximate surface area is 257 Å². The third-order valence-electron chi connectivity index (χ3n) is 9.83. The van der Waals surface area contributed by atoms with Gasteiger partial charge in [-0.05, 0) is 38.8 Å². The molecule has 0 aromatic heterocycles. The van der Waals surface area contributed by atoms with Gasteiger partial charge in [-0.25, -0.2) is 4.79 Å². The third kappa shape index (κ3) is 5.59. The summed E-state index contributed by atoms with van der Waals surface area (Å²) < 4.78 is 29.4. The van der Waals surface area contributed by atoms with Gasteiger partial charge in [0.05, 0.1) is 5.60 Å². The smallest absolute Gasteiger partial charge is 0.342 e. The van der Waals surface area contributed by atoms with E-state index in [-0.39, 0.29) is 12.0 Å². The summed E-state index contributed by atoms with van der Waals surface area (Å²) in [6.07, 6.45) is 0.0187. The molecule has 2 aliphatic heterocycles. The van der Waals surface area contributed by atoms with E-state index in [1.807, 2.05) is 0 Å². The highest BCUT2D eigenvalue weighted by Gasteiger charge is 2.88. The van der Waals surface area contributed by atoms with Crippen molar-refractivity contribution in [2.75, 3.05) is 0 Å². The van der Waals surface area contributed by atoms with Crippen LogP contribution in [-0.4, -0.2) is 92.6 Å². The largest absolute Gasteiger partial charge is 0.459 e. The number of unbranched alkanes of at least 4 members (excludes halogenated alkanes) is 4. The summed E-state index contributed by atoms with van der Waals surface area (Å²) in [6, 6.07) is 0. The SMILES string of the molecule is CCCCCCCC(=O)OC1C(O)C(C)=CC2OC(=O)C3(C)OC23C(OC(C)=O)C2C(C)(O)C(O)C=CC2(C)C1OC(C)=O. The van der Waals surface area contributed by atoms with Gasteiger partial charge in [0.25, 0.3) is 0 Å². The van der Waals surface area contributed by atoms with Gasteiger partial charge in [-0.15, -0.1) is 0 Å². The van der Waals surface area contributed by atoms with Crippen LogP contribution in [0.3, 0.4) is 0 Å². The van der Waals surface area contributed by atoms with Crippen molar-refractivity contribution < 1.29 is 58.2 Å². The van der Waals surface area contributed by atoms with Crippen LogP contribution in [0.5, 0.6) is 0 Å². The maximum Gasteiger partial charge on any atom is 0.342 e. The standard InChI is InChI=1S/C32H46O12/c1-8-9-10-11-12-13-22(36)43-24-23(37)17(2)16-21-32(31(7,44-32)28(38)42-21)27(41-19(4)34)25-29(5,26(24)40-18(3)33)15-14-20(35)30(25,6)39/h14-16,20-21,23-27,35,37,39H,8-13H2,1-7H3. The molecule has 2 aliphatic carbocycles. The molecule has 2 saturated heterocycles. The quantitative estimate of drug-likeness (QED) is 0.112. The Bertz CT molecular complexity index is 1220. The number of ether oxygens (including phenoxy) is 5. The van der Waals surface area contributed by atoms with E-state index in [1.165, 1.54) is 32.1 Å². The van der Waals surface area contributed by atoms with E-state index >= 15 is 0 Å². The van der Waals surface area contributed by atoms with Gasteiger partial charge in [-0.3, -0.25) is 14.4 Å². The van der Waals surface area contributed by atoms with Crippen molar-refractivity contribution in [2.45, 2.75) is 140 Å². The van der Waals surface area contributed by atoms with Crippen LogP contribution in [0.1, 0.15) is 87.0 Å². The minimum absolute atomic E-state index is 0.0561. The molecular formula is C32H46O12. The van der Waals surface area contributed by atoms with Crippen LogP contribution in [0.25, 0.3) is 0 Å². The summed E-state index contributed by atoms with van der Waals surface area (Å²) in [5.74, 6) is -4.26. The van der Waals surface area contributed by atoms with Crippen LogP contribution in [-0.2, 0) is 42.9 Å². The zero-order chi connectivity index (χ0) is 32.8. The minimum Gasteiger partial charge on any atom is -0.459 e. The molecule has 44 heavy (non-hydrogen) atoms. The minimum atomic E-state index is -2.09. The second-order valence-electron chi connectivity index (χ2n) is 13.2. The van der Waals surface area contributed by atoms with E-state index in [1.54, 1.807) is 13.8 Å². The molecule has 0 saturated carbocycles. The fourth-order valence-corrected chi connectivity index (χ4v) is 7.40. The van der Waals surface area contributed by atoms with Crippen molar-refractivity contribution in [2.24, 2.45) is 11.3 Å². The lowest BCUT2D eigenvalue weighted by atomic mass is 9.55. The number of hydrogen-bond donors (Lipinski definition) is 3. The molecule has 0 radical (unpaired) electrons.